The Bertz CT molecular complexity index is 1100. The quantitative estimate of drug-likeness (QED) is 0.487. The lowest BCUT2D eigenvalue weighted by Crippen LogP contribution is -2.28. The summed E-state index contributed by atoms with van der Waals surface area (Å²) >= 11 is 0. The van der Waals surface area contributed by atoms with Crippen LogP contribution in [-0.4, -0.2) is 26.7 Å². The number of H-pyrrole nitrogens is 1. The van der Waals surface area contributed by atoms with E-state index in [1.807, 2.05) is 18.2 Å². The molecule has 2 aromatic carbocycles. The molecule has 0 unspecified atom stereocenters. The second-order valence-corrected chi connectivity index (χ2v) is 7.41. The van der Waals surface area contributed by atoms with Gasteiger partial charge in [-0.3, -0.25) is 5.10 Å². The molecule has 0 fully saturated rings. The lowest BCUT2D eigenvalue weighted by atomic mass is 9.84. The molecule has 0 atom stereocenters. The van der Waals surface area contributed by atoms with Crippen molar-refractivity contribution in [3.8, 4) is 11.1 Å². The molecule has 4 rings (SSSR count). The van der Waals surface area contributed by atoms with E-state index in [1.54, 1.807) is 24.5 Å². The van der Waals surface area contributed by atoms with Gasteiger partial charge in [-0.1, -0.05) is 32.0 Å². The van der Waals surface area contributed by atoms with Gasteiger partial charge >= 0.3 is 0 Å². The highest BCUT2D eigenvalue weighted by Gasteiger charge is 2.20. The number of hydrogen-bond acceptors (Lipinski definition) is 5. The number of rotatable bonds is 5. The third-order valence-electron chi connectivity index (χ3n) is 4.89. The molecule has 4 N–H and O–H groups in total. The normalized spacial score (nSPS) is 11.7. The number of nitrogens with two attached hydrogens (primary N) is 1. The maximum atomic E-state index is 13.1. The predicted octanol–water partition coefficient (Wildman–Crippen LogP) is 4.13. The molecule has 0 bridgehead atoms. The standard InChI is InChI=1S/C21H21FN6/c1-21(2,15-4-6-16(22)7-5-15)12-26-20-24-10-14(11-25-20)13-3-8-18-17(9-13)19(23)28-27-18/h3-11H,12H2,1-2H3,(H3,23,27,28)(H,24,25,26). The zero-order valence-corrected chi connectivity index (χ0v) is 15.7. The summed E-state index contributed by atoms with van der Waals surface area (Å²) in [6, 6.07) is 12.4. The van der Waals surface area contributed by atoms with Gasteiger partial charge in [-0.25, -0.2) is 14.4 Å². The zero-order valence-electron chi connectivity index (χ0n) is 15.7. The van der Waals surface area contributed by atoms with Crippen LogP contribution in [0.15, 0.2) is 54.9 Å². The minimum absolute atomic E-state index is 0.195. The topological polar surface area (TPSA) is 92.5 Å². The Labute approximate surface area is 162 Å². The molecule has 0 spiro atoms. The average Bonchev–Trinajstić information content (AvgIpc) is 3.07. The Morgan fingerprint density at radius 3 is 2.46 bits per heavy atom. The first-order valence-corrected chi connectivity index (χ1v) is 8.98. The largest absolute Gasteiger partial charge is 0.382 e. The Balaban J connectivity index is 1.48. The maximum absolute atomic E-state index is 13.1. The van der Waals surface area contributed by atoms with Crippen LogP contribution in [0.1, 0.15) is 19.4 Å². The van der Waals surface area contributed by atoms with Crippen LogP contribution >= 0.6 is 0 Å². The molecule has 4 aromatic rings. The van der Waals surface area contributed by atoms with E-state index in [0.717, 1.165) is 27.6 Å². The van der Waals surface area contributed by atoms with Crippen molar-refractivity contribution in [2.75, 3.05) is 17.6 Å². The van der Waals surface area contributed by atoms with Gasteiger partial charge in [-0.05, 0) is 35.4 Å². The Kier molecular flexibility index (Phi) is 4.43. The van der Waals surface area contributed by atoms with Crippen molar-refractivity contribution in [1.82, 2.24) is 20.2 Å². The van der Waals surface area contributed by atoms with E-state index in [4.69, 9.17) is 5.73 Å². The van der Waals surface area contributed by atoms with Crippen molar-refractivity contribution in [3.05, 3.63) is 66.2 Å². The lowest BCUT2D eigenvalue weighted by Gasteiger charge is -2.25. The molecular formula is C21H21FN6. The maximum Gasteiger partial charge on any atom is 0.222 e. The average molecular weight is 376 g/mol. The van der Waals surface area contributed by atoms with Crippen LogP contribution in [0.5, 0.6) is 0 Å². The van der Waals surface area contributed by atoms with E-state index in [1.165, 1.54) is 12.1 Å². The van der Waals surface area contributed by atoms with Crippen LogP contribution in [0.2, 0.25) is 0 Å². The second kappa shape index (κ2) is 6.92. The van der Waals surface area contributed by atoms with Crippen LogP contribution in [0.3, 0.4) is 0 Å². The number of aromatic nitrogens is 4. The van der Waals surface area contributed by atoms with Crippen molar-refractivity contribution in [2.45, 2.75) is 19.3 Å². The Morgan fingerprint density at radius 2 is 1.75 bits per heavy atom. The first kappa shape index (κ1) is 17.9. The van der Waals surface area contributed by atoms with Crippen molar-refractivity contribution in [2.24, 2.45) is 0 Å². The molecule has 0 aliphatic heterocycles. The van der Waals surface area contributed by atoms with E-state index in [0.29, 0.717) is 18.3 Å². The molecule has 6 nitrogen and oxygen atoms in total. The van der Waals surface area contributed by atoms with E-state index < -0.39 is 0 Å². The fourth-order valence-electron chi connectivity index (χ4n) is 3.09. The zero-order chi connectivity index (χ0) is 19.7. The van der Waals surface area contributed by atoms with Crippen molar-refractivity contribution in [3.63, 3.8) is 0 Å². The van der Waals surface area contributed by atoms with Crippen LogP contribution in [-0.2, 0) is 5.41 Å². The third-order valence-corrected chi connectivity index (χ3v) is 4.89. The molecule has 2 aromatic heterocycles. The number of aromatic amines is 1. The molecule has 28 heavy (non-hydrogen) atoms. The fourth-order valence-corrected chi connectivity index (χ4v) is 3.09. The van der Waals surface area contributed by atoms with E-state index in [2.05, 4.69) is 39.3 Å². The summed E-state index contributed by atoms with van der Waals surface area (Å²) in [5, 5.41) is 11.0. The summed E-state index contributed by atoms with van der Waals surface area (Å²) in [6.07, 6.45) is 3.55. The van der Waals surface area contributed by atoms with Crippen LogP contribution in [0.4, 0.5) is 16.2 Å². The number of nitrogen functional groups attached to an aromatic ring is 1. The minimum Gasteiger partial charge on any atom is -0.382 e. The molecule has 2 heterocycles. The molecular weight excluding hydrogens is 355 g/mol. The highest BCUT2D eigenvalue weighted by Crippen LogP contribution is 2.26. The first-order chi connectivity index (χ1) is 13.4. The molecule has 0 saturated carbocycles. The molecule has 0 aliphatic carbocycles. The van der Waals surface area contributed by atoms with Gasteiger partial charge in [-0.2, -0.15) is 5.10 Å². The van der Waals surface area contributed by atoms with Gasteiger partial charge in [0.1, 0.15) is 5.82 Å². The van der Waals surface area contributed by atoms with Crippen LogP contribution in [0.25, 0.3) is 22.0 Å². The van der Waals surface area contributed by atoms with Crippen molar-refractivity contribution in [1.29, 1.82) is 0 Å². The minimum atomic E-state index is -0.234. The van der Waals surface area contributed by atoms with Gasteiger partial charge in [0.25, 0.3) is 0 Å². The molecule has 0 aliphatic rings. The number of fused-ring (bicyclic) bond motifs is 1. The number of nitrogens with zero attached hydrogens (tertiary/aromatic N) is 3. The predicted molar refractivity (Wildman–Crippen MR) is 109 cm³/mol. The number of hydrogen-bond donors (Lipinski definition) is 3. The van der Waals surface area contributed by atoms with Gasteiger partial charge < -0.3 is 11.1 Å². The number of nitrogens with one attached hydrogen (secondary N) is 2. The van der Waals surface area contributed by atoms with Gasteiger partial charge in [0, 0.05) is 35.3 Å². The van der Waals surface area contributed by atoms with Crippen LogP contribution < -0.4 is 11.1 Å². The Morgan fingerprint density at radius 1 is 1.04 bits per heavy atom. The monoisotopic (exact) mass is 376 g/mol. The summed E-state index contributed by atoms with van der Waals surface area (Å²) < 4.78 is 13.1. The SMILES string of the molecule is CC(C)(CNc1ncc(-c2ccc3[nH]nc(N)c3c2)cn1)c1ccc(F)cc1. The summed E-state index contributed by atoms with van der Waals surface area (Å²) in [7, 11) is 0. The summed E-state index contributed by atoms with van der Waals surface area (Å²) in [5.41, 5.74) is 9.49. The van der Waals surface area contributed by atoms with Crippen molar-refractivity contribution < 1.29 is 4.39 Å². The van der Waals surface area contributed by atoms with Gasteiger partial charge in [-0.15, -0.1) is 0 Å². The molecule has 0 saturated heterocycles. The number of halogens is 1. The number of benzene rings is 2. The van der Waals surface area contributed by atoms with E-state index in [9.17, 15) is 4.39 Å². The molecule has 7 heteroatoms. The fraction of sp³-hybridized carbons (Fsp3) is 0.190. The van der Waals surface area contributed by atoms with Gasteiger partial charge in [0.15, 0.2) is 5.82 Å². The lowest BCUT2D eigenvalue weighted by molar-refractivity contribution is 0.551. The summed E-state index contributed by atoms with van der Waals surface area (Å²) in [5.74, 6) is 0.781. The van der Waals surface area contributed by atoms with Gasteiger partial charge in [0.2, 0.25) is 5.95 Å². The summed E-state index contributed by atoms with van der Waals surface area (Å²) in [6.45, 7) is 4.80. The molecule has 0 radical (unpaired) electrons. The van der Waals surface area contributed by atoms with Crippen molar-refractivity contribution >= 4 is 22.7 Å². The Hall–Kier alpha value is -3.48. The summed E-state index contributed by atoms with van der Waals surface area (Å²) in [4.78, 5) is 8.84. The molecule has 142 valence electrons. The van der Waals surface area contributed by atoms with Crippen LogP contribution in [0, 0.1) is 5.82 Å². The van der Waals surface area contributed by atoms with E-state index >= 15 is 0 Å². The highest BCUT2D eigenvalue weighted by atomic mass is 19.1. The first-order valence-electron chi connectivity index (χ1n) is 8.98. The van der Waals surface area contributed by atoms with Gasteiger partial charge in [0.05, 0.1) is 5.52 Å². The van der Waals surface area contributed by atoms with E-state index in [-0.39, 0.29) is 11.2 Å². The second-order valence-electron chi connectivity index (χ2n) is 7.41. The molecule has 0 amide bonds. The highest BCUT2D eigenvalue weighted by molar-refractivity contribution is 5.92. The smallest absolute Gasteiger partial charge is 0.222 e. The number of anilines is 2. The third kappa shape index (κ3) is 3.51.